The summed E-state index contributed by atoms with van der Waals surface area (Å²) in [6.07, 6.45) is 3.55. The fourth-order valence-corrected chi connectivity index (χ4v) is 3.57. The molecule has 31 heavy (non-hydrogen) atoms. The summed E-state index contributed by atoms with van der Waals surface area (Å²) in [5.74, 6) is 0.912. The van der Waals surface area contributed by atoms with E-state index in [9.17, 15) is 9.59 Å². The van der Waals surface area contributed by atoms with Gasteiger partial charge in [0.15, 0.2) is 22.7 Å². The lowest BCUT2D eigenvalue weighted by molar-refractivity contribution is 0.419. The minimum Gasteiger partial charge on any atom is -0.332 e. The number of hydrogen-bond donors (Lipinski definition) is 2. The molecule has 0 amide bonds. The molecule has 0 bridgehead atoms. The van der Waals surface area contributed by atoms with E-state index >= 15 is 0 Å². The first-order valence-corrected chi connectivity index (χ1v) is 10.6. The molecule has 0 aliphatic rings. The standard InChI is InChI=1S/C19H23ClN8O3/c1-3-4-8-27-15-14(22-18(20)23-15)17(29)28(19(27)30)9-6-5-7-13-21-16(31-26-13)12-10-11(2)24-25-12/h10H,3-9H2,1-2H3,(H,22,23)(H,24,25). The third-order valence-electron chi connectivity index (χ3n) is 4.99. The number of aromatic amines is 2. The van der Waals surface area contributed by atoms with Crippen LogP contribution in [0.5, 0.6) is 0 Å². The van der Waals surface area contributed by atoms with Crippen molar-refractivity contribution in [2.45, 2.75) is 59.0 Å². The van der Waals surface area contributed by atoms with E-state index in [1.807, 2.05) is 19.9 Å². The second-order valence-electron chi connectivity index (χ2n) is 7.38. The van der Waals surface area contributed by atoms with Crippen molar-refractivity contribution < 1.29 is 4.52 Å². The van der Waals surface area contributed by atoms with E-state index in [2.05, 4.69) is 30.3 Å². The number of rotatable bonds is 9. The summed E-state index contributed by atoms with van der Waals surface area (Å²) in [5, 5.41) is 11.0. The van der Waals surface area contributed by atoms with Crippen LogP contribution < -0.4 is 11.2 Å². The monoisotopic (exact) mass is 446 g/mol. The molecule has 164 valence electrons. The van der Waals surface area contributed by atoms with Gasteiger partial charge < -0.3 is 9.51 Å². The molecular formula is C19H23ClN8O3. The van der Waals surface area contributed by atoms with Gasteiger partial charge in [-0.25, -0.2) is 4.79 Å². The average Bonchev–Trinajstić information content (AvgIpc) is 3.47. The fraction of sp³-hybridized carbons (Fsp3) is 0.474. The van der Waals surface area contributed by atoms with Gasteiger partial charge in [-0.05, 0) is 43.9 Å². The largest absolute Gasteiger partial charge is 0.332 e. The molecule has 4 rings (SSSR count). The Kier molecular flexibility index (Phi) is 6.03. The second-order valence-corrected chi connectivity index (χ2v) is 7.74. The smallest absolute Gasteiger partial charge is 0.332 e. The van der Waals surface area contributed by atoms with Crippen LogP contribution in [-0.4, -0.2) is 39.4 Å². The van der Waals surface area contributed by atoms with Crippen LogP contribution in [0.1, 0.15) is 44.1 Å². The maximum absolute atomic E-state index is 12.9. The Hall–Kier alpha value is -3.21. The summed E-state index contributed by atoms with van der Waals surface area (Å²) < 4.78 is 8.00. The number of nitrogens with one attached hydrogen (secondary N) is 2. The Morgan fingerprint density at radius 1 is 1.13 bits per heavy atom. The molecular weight excluding hydrogens is 424 g/mol. The van der Waals surface area contributed by atoms with Gasteiger partial charge in [-0.15, -0.1) is 0 Å². The zero-order valence-corrected chi connectivity index (χ0v) is 18.1. The van der Waals surface area contributed by atoms with Gasteiger partial charge in [0.25, 0.3) is 11.4 Å². The van der Waals surface area contributed by atoms with Crippen molar-refractivity contribution >= 4 is 22.8 Å². The highest BCUT2D eigenvalue weighted by atomic mass is 35.5. The maximum Gasteiger partial charge on any atom is 0.332 e. The molecule has 0 unspecified atom stereocenters. The summed E-state index contributed by atoms with van der Waals surface area (Å²) in [7, 11) is 0. The third-order valence-corrected chi connectivity index (χ3v) is 5.17. The first kappa shape index (κ1) is 21.0. The van der Waals surface area contributed by atoms with Gasteiger partial charge in [0.2, 0.25) is 5.28 Å². The third kappa shape index (κ3) is 4.31. The Bertz CT molecular complexity index is 1310. The van der Waals surface area contributed by atoms with Crippen molar-refractivity contribution in [2.75, 3.05) is 0 Å². The highest BCUT2D eigenvalue weighted by Gasteiger charge is 2.17. The summed E-state index contributed by atoms with van der Waals surface area (Å²) in [4.78, 5) is 36.9. The van der Waals surface area contributed by atoms with Crippen LogP contribution in [0.2, 0.25) is 5.28 Å². The van der Waals surface area contributed by atoms with Crippen LogP contribution in [0, 0.1) is 6.92 Å². The number of H-pyrrole nitrogens is 2. The molecule has 0 aliphatic carbocycles. The van der Waals surface area contributed by atoms with Crippen molar-refractivity contribution in [1.29, 1.82) is 0 Å². The molecule has 0 radical (unpaired) electrons. The number of hydrogen-bond acceptors (Lipinski definition) is 7. The average molecular weight is 447 g/mol. The summed E-state index contributed by atoms with van der Waals surface area (Å²) >= 11 is 5.95. The first-order chi connectivity index (χ1) is 15.0. The van der Waals surface area contributed by atoms with Gasteiger partial charge >= 0.3 is 5.69 Å². The van der Waals surface area contributed by atoms with Gasteiger partial charge in [0.1, 0.15) is 0 Å². The van der Waals surface area contributed by atoms with Crippen molar-refractivity contribution in [3.8, 4) is 11.6 Å². The minimum absolute atomic E-state index is 0.0921. The van der Waals surface area contributed by atoms with E-state index in [1.54, 1.807) is 0 Å². The lowest BCUT2D eigenvalue weighted by Crippen LogP contribution is -2.40. The van der Waals surface area contributed by atoms with Crippen LogP contribution >= 0.6 is 11.6 Å². The van der Waals surface area contributed by atoms with Crippen LogP contribution in [0.15, 0.2) is 20.2 Å². The van der Waals surface area contributed by atoms with E-state index < -0.39 is 5.56 Å². The molecule has 0 saturated heterocycles. The molecule has 0 aliphatic heterocycles. The molecule has 0 atom stereocenters. The highest BCUT2D eigenvalue weighted by molar-refractivity contribution is 6.28. The molecule has 0 aromatic carbocycles. The Morgan fingerprint density at radius 2 is 1.94 bits per heavy atom. The Morgan fingerprint density at radius 3 is 2.68 bits per heavy atom. The minimum atomic E-state index is -0.414. The highest BCUT2D eigenvalue weighted by Crippen LogP contribution is 2.16. The molecule has 4 aromatic heterocycles. The van der Waals surface area contributed by atoms with Crippen molar-refractivity contribution in [3.05, 3.63) is 43.7 Å². The molecule has 2 N–H and O–H groups in total. The quantitative estimate of drug-likeness (QED) is 0.297. The van der Waals surface area contributed by atoms with E-state index in [0.717, 1.165) is 18.5 Å². The Labute approximate surface area is 181 Å². The predicted octanol–water partition coefficient (Wildman–Crippen LogP) is 2.44. The van der Waals surface area contributed by atoms with Crippen molar-refractivity contribution in [3.63, 3.8) is 0 Å². The van der Waals surface area contributed by atoms with Crippen molar-refractivity contribution in [1.82, 2.24) is 39.4 Å². The van der Waals surface area contributed by atoms with Crippen molar-refractivity contribution in [2.24, 2.45) is 0 Å². The molecule has 12 heteroatoms. The Balaban J connectivity index is 1.46. The van der Waals surface area contributed by atoms with Gasteiger partial charge in [-0.2, -0.15) is 15.1 Å². The lowest BCUT2D eigenvalue weighted by atomic mass is 10.2. The first-order valence-electron chi connectivity index (χ1n) is 10.2. The molecule has 4 aromatic rings. The topological polar surface area (TPSA) is 140 Å². The molecule has 0 fully saturated rings. The SMILES string of the molecule is CCCCn1c(=O)n(CCCCc2noc(-c3cc(C)[nH]n3)n2)c(=O)c2[nH]c(Cl)nc21. The second kappa shape index (κ2) is 8.88. The molecule has 11 nitrogen and oxygen atoms in total. The summed E-state index contributed by atoms with van der Waals surface area (Å²) in [5.41, 5.74) is 1.27. The van der Waals surface area contributed by atoms with E-state index in [0.29, 0.717) is 48.9 Å². The number of halogens is 1. The predicted molar refractivity (Wildman–Crippen MR) is 114 cm³/mol. The van der Waals surface area contributed by atoms with Crippen LogP contribution in [-0.2, 0) is 19.5 Å². The number of aromatic nitrogens is 8. The van der Waals surface area contributed by atoms with Gasteiger partial charge in [-0.3, -0.25) is 19.0 Å². The van der Waals surface area contributed by atoms with Gasteiger partial charge in [0.05, 0.1) is 0 Å². The number of imidazole rings is 1. The zero-order valence-electron chi connectivity index (χ0n) is 17.3. The van der Waals surface area contributed by atoms with Gasteiger partial charge in [0, 0.05) is 25.2 Å². The van der Waals surface area contributed by atoms with E-state index in [4.69, 9.17) is 16.1 Å². The van der Waals surface area contributed by atoms with Crippen LogP contribution in [0.4, 0.5) is 0 Å². The molecule has 0 saturated carbocycles. The molecule has 0 spiro atoms. The number of aryl methyl sites for hydroxylation is 3. The normalized spacial score (nSPS) is 11.6. The van der Waals surface area contributed by atoms with E-state index in [1.165, 1.54) is 9.13 Å². The zero-order chi connectivity index (χ0) is 22.0. The summed E-state index contributed by atoms with van der Waals surface area (Å²) in [6.45, 7) is 4.68. The number of unbranched alkanes of at least 4 members (excludes halogenated alkanes) is 2. The number of nitrogens with zero attached hydrogens (tertiary/aromatic N) is 6. The molecule has 4 heterocycles. The van der Waals surface area contributed by atoms with E-state index in [-0.39, 0.29) is 23.0 Å². The maximum atomic E-state index is 12.9. The summed E-state index contributed by atoms with van der Waals surface area (Å²) in [6, 6.07) is 1.82. The van der Waals surface area contributed by atoms with Gasteiger partial charge in [-0.1, -0.05) is 18.5 Å². The lowest BCUT2D eigenvalue weighted by Gasteiger charge is -2.10. The van der Waals surface area contributed by atoms with Crippen LogP contribution in [0.25, 0.3) is 22.7 Å². The fourth-order valence-electron chi connectivity index (χ4n) is 3.39. The van der Waals surface area contributed by atoms with Crippen LogP contribution in [0.3, 0.4) is 0 Å². The number of fused-ring (bicyclic) bond motifs is 1.